The first kappa shape index (κ1) is 17.4. The van der Waals surface area contributed by atoms with E-state index in [1.54, 1.807) is 6.20 Å². The molecule has 0 unspecified atom stereocenters. The Balaban J connectivity index is 1.33. The van der Waals surface area contributed by atoms with Crippen molar-refractivity contribution in [3.05, 3.63) is 66.7 Å². The van der Waals surface area contributed by atoms with E-state index in [9.17, 15) is 9.59 Å². The second-order valence-electron chi connectivity index (χ2n) is 5.94. The average Bonchev–Trinajstić information content (AvgIpc) is 3.17. The molecule has 0 fully saturated rings. The summed E-state index contributed by atoms with van der Waals surface area (Å²) in [5.74, 6) is 0.258. The summed E-state index contributed by atoms with van der Waals surface area (Å²) in [5.41, 5.74) is 1.67. The molecule has 2 aromatic carbocycles. The standard InChI is InChI=1S/C20H16N2O4S/c23-19(10-17-20(24)22-14-8-4-5-9-16(14)27-17)25-12-18-21-11-15(26-18)13-6-2-1-3-7-13/h1-9,11,17H,10,12H2,(H,22,24)/t17-/m1/s1. The summed E-state index contributed by atoms with van der Waals surface area (Å²) in [7, 11) is 0. The lowest BCUT2D eigenvalue weighted by Crippen LogP contribution is -2.31. The first-order valence-corrected chi connectivity index (χ1v) is 9.29. The highest BCUT2D eigenvalue weighted by atomic mass is 32.2. The number of esters is 1. The third-order valence-corrected chi connectivity index (χ3v) is 5.30. The van der Waals surface area contributed by atoms with Crippen molar-refractivity contribution < 1.29 is 18.7 Å². The number of carbonyl (C=O) groups is 2. The Labute approximate surface area is 159 Å². The molecule has 1 aromatic heterocycles. The number of carbonyl (C=O) groups excluding carboxylic acids is 2. The number of hydrogen-bond acceptors (Lipinski definition) is 6. The molecule has 0 saturated carbocycles. The van der Waals surface area contributed by atoms with Gasteiger partial charge in [0.1, 0.15) is 0 Å². The second kappa shape index (κ2) is 7.67. The largest absolute Gasteiger partial charge is 0.456 e. The van der Waals surface area contributed by atoms with E-state index in [0.29, 0.717) is 11.7 Å². The van der Waals surface area contributed by atoms with Crippen molar-refractivity contribution in [1.82, 2.24) is 4.98 Å². The van der Waals surface area contributed by atoms with Crippen LogP contribution < -0.4 is 5.32 Å². The first-order valence-electron chi connectivity index (χ1n) is 8.41. The van der Waals surface area contributed by atoms with E-state index in [1.165, 1.54) is 11.8 Å². The lowest BCUT2D eigenvalue weighted by molar-refractivity contribution is -0.146. The third-order valence-electron chi connectivity index (χ3n) is 4.03. The summed E-state index contributed by atoms with van der Waals surface area (Å²) < 4.78 is 10.8. The van der Waals surface area contributed by atoms with Crippen LogP contribution in [0.5, 0.6) is 0 Å². The fraction of sp³-hybridized carbons (Fsp3) is 0.150. The Morgan fingerprint density at radius 1 is 1.15 bits per heavy atom. The Kier molecular flexibility index (Phi) is 4.93. The van der Waals surface area contributed by atoms with E-state index in [1.807, 2.05) is 54.6 Å². The van der Waals surface area contributed by atoms with Crippen molar-refractivity contribution in [2.75, 3.05) is 5.32 Å². The minimum absolute atomic E-state index is 0.0168. The predicted molar refractivity (Wildman–Crippen MR) is 101 cm³/mol. The van der Waals surface area contributed by atoms with Gasteiger partial charge in [0, 0.05) is 10.5 Å². The molecule has 136 valence electrons. The van der Waals surface area contributed by atoms with E-state index in [2.05, 4.69) is 10.3 Å². The highest BCUT2D eigenvalue weighted by Gasteiger charge is 2.29. The van der Waals surface area contributed by atoms with Crippen LogP contribution in [0.2, 0.25) is 0 Å². The average molecular weight is 380 g/mol. The number of thioether (sulfide) groups is 1. The number of fused-ring (bicyclic) bond motifs is 1. The van der Waals surface area contributed by atoms with Gasteiger partial charge in [-0.1, -0.05) is 42.5 Å². The molecule has 0 saturated heterocycles. The monoisotopic (exact) mass is 380 g/mol. The number of para-hydroxylation sites is 1. The fourth-order valence-electron chi connectivity index (χ4n) is 2.69. The number of rotatable bonds is 5. The molecular formula is C20H16N2O4S. The van der Waals surface area contributed by atoms with Gasteiger partial charge in [0.15, 0.2) is 12.4 Å². The molecule has 0 radical (unpaired) electrons. The number of nitrogens with zero attached hydrogens (tertiary/aromatic N) is 1. The Bertz CT molecular complexity index is 971. The minimum Gasteiger partial charge on any atom is -0.456 e. The van der Waals surface area contributed by atoms with Gasteiger partial charge < -0.3 is 14.5 Å². The van der Waals surface area contributed by atoms with Crippen LogP contribution >= 0.6 is 11.8 Å². The number of aromatic nitrogens is 1. The molecule has 6 nitrogen and oxygen atoms in total. The van der Waals surface area contributed by atoms with Gasteiger partial charge in [0.05, 0.1) is 23.6 Å². The summed E-state index contributed by atoms with van der Waals surface area (Å²) in [6.07, 6.45) is 1.58. The zero-order valence-corrected chi connectivity index (χ0v) is 15.1. The molecule has 4 rings (SSSR count). The van der Waals surface area contributed by atoms with E-state index >= 15 is 0 Å². The first-order chi connectivity index (χ1) is 13.2. The smallest absolute Gasteiger partial charge is 0.307 e. The number of amides is 1. The Morgan fingerprint density at radius 3 is 2.78 bits per heavy atom. The maximum atomic E-state index is 12.2. The predicted octanol–water partition coefficient (Wildman–Crippen LogP) is 3.89. The molecule has 1 amide bonds. The van der Waals surface area contributed by atoms with Crippen molar-refractivity contribution in [1.29, 1.82) is 0 Å². The third kappa shape index (κ3) is 4.03. The molecule has 27 heavy (non-hydrogen) atoms. The summed E-state index contributed by atoms with van der Waals surface area (Å²) >= 11 is 1.36. The van der Waals surface area contributed by atoms with Crippen molar-refractivity contribution in [2.45, 2.75) is 23.2 Å². The van der Waals surface area contributed by atoms with Gasteiger partial charge in [-0.25, -0.2) is 4.98 Å². The molecule has 7 heteroatoms. The molecule has 1 atom stereocenters. The van der Waals surface area contributed by atoms with Gasteiger partial charge in [0.2, 0.25) is 11.8 Å². The zero-order chi connectivity index (χ0) is 18.6. The number of anilines is 1. The maximum Gasteiger partial charge on any atom is 0.307 e. The van der Waals surface area contributed by atoms with Crippen LogP contribution in [-0.4, -0.2) is 22.1 Å². The van der Waals surface area contributed by atoms with E-state index in [0.717, 1.165) is 16.1 Å². The lowest BCUT2D eigenvalue weighted by Gasteiger charge is -2.23. The topological polar surface area (TPSA) is 81.4 Å². The normalized spacial score (nSPS) is 15.7. The minimum atomic E-state index is -0.517. The van der Waals surface area contributed by atoms with Crippen LogP contribution in [0.25, 0.3) is 11.3 Å². The number of ether oxygens (including phenoxy) is 1. The number of benzene rings is 2. The van der Waals surface area contributed by atoms with Gasteiger partial charge in [0.25, 0.3) is 0 Å². The van der Waals surface area contributed by atoms with E-state index in [4.69, 9.17) is 9.15 Å². The van der Waals surface area contributed by atoms with Gasteiger partial charge in [-0.3, -0.25) is 9.59 Å². The van der Waals surface area contributed by atoms with Crippen LogP contribution in [0.4, 0.5) is 5.69 Å². The van der Waals surface area contributed by atoms with E-state index in [-0.39, 0.29) is 18.9 Å². The molecular weight excluding hydrogens is 364 g/mol. The molecule has 1 N–H and O–H groups in total. The van der Waals surface area contributed by atoms with Gasteiger partial charge in [-0.05, 0) is 12.1 Å². The second-order valence-corrected chi connectivity index (χ2v) is 7.19. The number of hydrogen-bond donors (Lipinski definition) is 1. The molecule has 0 spiro atoms. The van der Waals surface area contributed by atoms with Crippen LogP contribution in [-0.2, 0) is 20.9 Å². The number of nitrogens with one attached hydrogen (secondary N) is 1. The highest BCUT2D eigenvalue weighted by molar-refractivity contribution is 8.01. The van der Waals surface area contributed by atoms with E-state index < -0.39 is 11.2 Å². The number of oxazole rings is 1. The van der Waals surface area contributed by atoms with Crippen LogP contribution in [0.15, 0.2) is 70.1 Å². The highest BCUT2D eigenvalue weighted by Crippen LogP contribution is 2.36. The SMILES string of the molecule is O=C(C[C@H]1Sc2ccccc2NC1=O)OCc1ncc(-c2ccccc2)o1. The van der Waals surface area contributed by atoms with Crippen LogP contribution in [0.3, 0.4) is 0 Å². The van der Waals surface area contributed by atoms with Crippen LogP contribution in [0.1, 0.15) is 12.3 Å². The summed E-state index contributed by atoms with van der Waals surface area (Å²) in [6.45, 7) is -0.0682. The molecule has 3 aromatic rings. The van der Waals surface area contributed by atoms with Gasteiger partial charge >= 0.3 is 5.97 Å². The summed E-state index contributed by atoms with van der Waals surface area (Å²) in [6, 6.07) is 17.0. The van der Waals surface area contributed by atoms with Crippen molar-refractivity contribution in [3.8, 4) is 11.3 Å². The summed E-state index contributed by atoms with van der Waals surface area (Å²) in [4.78, 5) is 29.4. The molecule has 0 aliphatic carbocycles. The van der Waals surface area contributed by atoms with Crippen molar-refractivity contribution in [2.24, 2.45) is 0 Å². The van der Waals surface area contributed by atoms with Crippen LogP contribution in [0, 0.1) is 0 Å². The van der Waals surface area contributed by atoms with Gasteiger partial charge in [-0.2, -0.15) is 0 Å². The molecule has 1 aliphatic heterocycles. The summed E-state index contributed by atoms with van der Waals surface area (Å²) in [5, 5.41) is 2.30. The van der Waals surface area contributed by atoms with Crippen molar-refractivity contribution >= 4 is 29.3 Å². The Morgan fingerprint density at radius 2 is 1.93 bits per heavy atom. The zero-order valence-electron chi connectivity index (χ0n) is 14.3. The quantitative estimate of drug-likeness (QED) is 0.677. The molecule has 1 aliphatic rings. The maximum absolute atomic E-state index is 12.2. The van der Waals surface area contributed by atoms with Crippen molar-refractivity contribution in [3.63, 3.8) is 0 Å². The lowest BCUT2D eigenvalue weighted by atomic mass is 10.2. The Hall–Kier alpha value is -3.06. The molecule has 2 heterocycles. The molecule has 0 bridgehead atoms. The van der Waals surface area contributed by atoms with Gasteiger partial charge in [-0.15, -0.1) is 11.8 Å². The fourth-order valence-corrected chi connectivity index (χ4v) is 3.79.